The van der Waals surface area contributed by atoms with Crippen LogP contribution in [-0.4, -0.2) is 16.0 Å². The van der Waals surface area contributed by atoms with Crippen LogP contribution >= 0.6 is 0 Å². The second-order valence-electron chi connectivity index (χ2n) is 3.61. The van der Waals surface area contributed by atoms with Gasteiger partial charge in [0, 0.05) is 11.7 Å². The molecule has 0 saturated carbocycles. The van der Waals surface area contributed by atoms with Gasteiger partial charge >= 0.3 is 0 Å². The molecule has 1 aromatic rings. The van der Waals surface area contributed by atoms with Crippen molar-refractivity contribution in [2.24, 2.45) is 0 Å². The number of nitrogens with one attached hydrogen (secondary N) is 1. The summed E-state index contributed by atoms with van der Waals surface area (Å²) in [6.07, 6.45) is 6.27. The molecule has 0 bridgehead atoms. The van der Waals surface area contributed by atoms with Crippen molar-refractivity contribution in [3.8, 4) is 6.07 Å². The van der Waals surface area contributed by atoms with Crippen molar-refractivity contribution in [1.82, 2.24) is 9.97 Å². The molecule has 0 aliphatic heterocycles. The molecule has 0 aromatic carbocycles. The highest BCUT2D eigenvalue weighted by Gasteiger charge is 2.11. The minimum absolute atomic E-state index is 0.373. The summed E-state index contributed by atoms with van der Waals surface area (Å²) in [5, 5.41) is 12.0. The number of nitrogens with zero attached hydrogens (tertiary/aromatic N) is 3. The lowest BCUT2D eigenvalue weighted by molar-refractivity contribution is 0.771. The average molecular weight is 200 g/mol. The molecule has 0 radical (unpaired) electrons. The molecule has 1 heterocycles. The van der Waals surface area contributed by atoms with E-state index in [2.05, 4.69) is 27.4 Å². The fourth-order valence-electron chi connectivity index (χ4n) is 1.61. The van der Waals surface area contributed by atoms with Gasteiger partial charge in [-0.25, -0.2) is 9.97 Å². The fourth-order valence-corrected chi connectivity index (χ4v) is 1.61. The lowest BCUT2D eigenvalue weighted by Gasteiger charge is -2.11. The quantitative estimate of drug-likeness (QED) is 0.739. The first-order valence-electron chi connectivity index (χ1n) is 4.95. The van der Waals surface area contributed by atoms with Crippen molar-refractivity contribution >= 4 is 5.95 Å². The molecule has 15 heavy (non-hydrogen) atoms. The molecule has 0 amide bonds. The van der Waals surface area contributed by atoms with Crippen LogP contribution in [0.15, 0.2) is 18.2 Å². The molecule has 4 heteroatoms. The van der Waals surface area contributed by atoms with Crippen molar-refractivity contribution < 1.29 is 0 Å². The van der Waals surface area contributed by atoms with Gasteiger partial charge in [0.05, 0.1) is 0 Å². The summed E-state index contributed by atoms with van der Waals surface area (Å²) in [5.41, 5.74) is 1.23. The molecule has 1 aliphatic rings. The van der Waals surface area contributed by atoms with E-state index in [0.717, 1.165) is 18.5 Å². The van der Waals surface area contributed by atoms with Crippen LogP contribution in [0.1, 0.15) is 24.2 Å². The summed E-state index contributed by atoms with van der Waals surface area (Å²) in [6.45, 7) is 1.86. The van der Waals surface area contributed by atoms with Crippen molar-refractivity contribution in [3.05, 3.63) is 29.6 Å². The Morgan fingerprint density at radius 3 is 2.80 bits per heavy atom. The van der Waals surface area contributed by atoms with Gasteiger partial charge in [-0.05, 0) is 25.8 Å². The monoisotopic (exact) mass is 200 g/mol. The highest BCUT2D eigenvalue weighted by molar-refractivity contribution is 5.34. The summed E-state index contributed by atoms with van der Waals surface area (Å²) in [6, 6.07) is 4.08. The van der Waals surface area contributed by atoms with Gasteiger partial charge in [-0.15, -0.1) is 0 Å². The van der Waals surface area contributed by atoms with Crippen LogP contribution in [0.3, 0.4) is 0 Å². The first-order chi connectivity index (χ1) is 7.28. The summed E-state index contributed by atoms with van der Waals surface area (Å²) in [7, 11) is 0. The first kappa shape index (κ1) is 9.66. The molecule has 4 nitrogen and oxygen atoms in total. The minimum atomic E-state index is 0.373. The van der Waals surface area contributed by atoms with Crippen LogP contribution < -0.4 is 5.32 Å². The fraction of sp³-hybridized carbons (Fsp3) is 0.364. The Labute approximate surface area is 88.7 Å². The lowest BCUT2D eigenvalue weighted by Crippen LogP contribution is -2.17. The summed E-state index contributed by atoms with van der Waals surface area (Å²) < 4.78 is 0. The maximum absolute atomic E-state index is 8.77. The standard InChI is InChI=1S/C11H12N4/c1-8-6-10(7-12)15-11(13-8)14-9-4-2-3-5-9/h2-3,6,9H,4-5H2,1H3,(H,13,14,15). The zero-order valence-corrected chi connectivity index (χ0v) is 8.57. The van der Waals surface area contributed by atoms with E-state index in [4.69, 9.17) is 5.26 Å². The molecule has 1 aliphatic carbocycles. The van der Waals surface area contributed by atoms with Crippen LogP contribution in [0.4, 0.5) is 5.95 Å². The lowest BCUT2D eigenvalue weighted by atomic mass is 10.2. The van der Waals surface area contributed by atoms with Gasteiger partial charge in [0.2, 0.25) is 5.95 Å². The third kappa shape index (κ3) is 2.32. The molecule has 2 rings (SSSR count). The smallest absolute Gasteiger partial charge is 0.224 e. The van der Waals surface area contributed by atoms with E-state index in [0.29, 0.717) is 17.7 Å². The Kier molecular flexibility index (Phi) is 2.64. The van der Waals surface area contributed by atoms with Crippen LogP contribution in [0.5, 0.6) is 0 Å². The summed E-state index contributed by atoms with van der Waals surface area (Å²) in [5.74, 6) is 0.556. The van der Waals surface area contributed by atoms with Crippen LogP contribution in [0.25, 0.3) is 0 Å². The normalized spacial score (nSPS) is 15.2. The summed E-state index contributed by atoms with van der Waals surface area (Å²) in [4.78, 5) is 8.35. The predicted molar refractivity (Wildman–Crippen MR) is 57.3 cm³/mol. The Morgan fingerprint density at radius 2 is 2.13 bits per heavy atom. The highest BCUT2D eigenvalue weighted by atomic mass is 15.1. The Hall–Kier alpha value is -1.89. The van der Waals surface area contributed by atoms with E-state index in [1.165, 1.54) is 0 Å². The molecule has 76 valence electrons. The van der Waals surface area contributed by atoms with Crippen LogP contribution in [0.2, 0.25) is 0 Å². The second-order valence-corrected chi connectivity index (χ2v) is 3.61. The van der Waals surface area contributed by atoms with Gasteiger partial charge in [0.15, 0.2) is 0 Å². The zero-order valence-electron chi connectivity index (χ0n) is 8.57. The molecular weight excluding hydrogens is 188 g/mol. The number of hydrogen-bond acceptors (Lipinski definition) is 4. The number of aromatic nitrogens is 2. The Bertz CT molecular complexity index is 423. The average Bonchev–Trinajstić information content (AvgIpc) is 2.69. The van der Waals surface area contributed by atoms with Gasteiger partial charge in [-0.3, -0.25) is 0 Å². The zero-order chi connectivity index (χ0) is 10.7. The van der Waals surface area contributed by atoms with Gasteiger partial charge in [0.1, 0.15) is 11.8 Å². The number of aryl methyl sites for hydroxylation is 1. The molecular formula is C11H12N4. The maximum Gasteiger partial charge on any atom is 0.224 e. The first-order valence-corrected chi connectivity index (χ1v) is 4.95. The predicted octanol–water partition coefficient (Wildman–Crippen LogP) is 1.79. The van der Waals surface area contributed by atoms with E-state index >= 15 is 0 Å². The largest absolute Gasteiger partial charge is 0.351 e. The van der Waals surface area contributed by atoms with E-state index in [1.54, 1.807) is 6.07 Å². The molecule has 1 N–H and O–H groups in total. The number of anilines is 1. The van der Waals surface area contributed by atoms with Crippen molar-refractivity contribution in [2.75, 3.05) is 5.32 Å². The number of nitriles is 1. The SMILES string of the molecule is Cc1cc(C#N)nc(NC2CC=CC2)n1. The maximum atomic E-state index is 8.77. The minimum Gasteiger partial charge on any atom is -0.351 e. The molecule has 1 aromatic heterocycles. The van der Waals surface area contributed by atoms with Gasteiger partial charge in [-0.1, -0.05) is 12.2 Å². The van der Waals surface area contributed by atoms with E-state index < -0.39 is 0 Å². The van der Waals surface area contributed by atoms with Gasteiger partial charge in [-0.2, -0.15) is 5.26 Å². The number of hydrogen-bond donors (Lipinski definition) is 1. The topological polar surface area (TPSA) is 61.6 Å². The Morgan fingerprint density at radius 1 is 1.40 bits per heavy atom. The van der Waals surface area contributed by atoms with Crippen LogP contribution in [-0.2, 0) is 0 Å². The van der Waals surface area contributed by atoms with Crippen LogP contribution in [0, 0.1) is 18.3 Å². The summed E-state index contributed by atoms with van der Waals surface area (Å²) >= 11 is 0. The van der Waals surface area contributed by atoms with E-state index in [9.17, 15) is 0 Å². The van der Waals surface area contributed by atoms with Gasteiger partial charge in [0.25, 0.3) is 0 Å². The third-order valence-electron chi connectivity index (χ3n) is 2.31. The second kappa shape index (κ2) is 4.09. The highest BCUT2D eigenvalue weighted by Crippen LogP contribution is 2.14. The Balaban J connectivity index is 2.14. The van der Waals surface area contributed by atoms with Crippen molar-refractivity contribution in [1.29, 1.82) is 5.26 Å². The van der Waals surface area contributed by atoms with E-state index in [1.807, 2.05) is 13.0 Å². The van der Waals surface area contributed by atoms with Gasteiger partial charge < -0.3 is 5.32 Å². The molecule has 0 spiro atoms. The number of rotatable bonds is 2. The van der Waals surface area contributed by atoms with Crippen molar-refractivity contribution in [3.63, 3.8) is 0 Å². The third-order valence-corrected chi connectivity index (χ3v) is 2.31. The van der Waals surface area contributed by atoms with Crippen molar-refractivity contribution in [2.45, 2.75) is 25.8 Å². The molecule has 0 fully saturated rings. The molecule has 0 atom stereocenters. The molecule has 0 unspecified atom stereocenters. The van der Waals surface area contributed by atoms with E-state index in [-0.39, 0.29) is 0 Å². The molecule has 0 saturated heterocycles.